The van der Waals surface area contributed by atoms with E-state index in [2.05, 4.69) is 217 Å². The highest BCUT2D eigenvalue weighted by atomic mass is 15.0. The number of hydrogen-bond acceptors (Lipinski definition) is 0. The third kappa shape index (κ3) is 4.76. The summed E-state index contributed by atoms with van der Waals surface area (Å²) in [6.45, 7) is 0. The van der Waals surface area contributed by atoms with Gasteiger partial charge in [-0.05, 0) is 112 Å². The molecule has 0 saturated heterocycles. The monoisotopic (exact) mass is 721 g/mol. The van der Waals surface area contributed by atoms with Crippen molar-refractivity contribution < 1.29 is 0 Å². The van der Waals surface area contributed by atoms with Gasteiger partial charge in [-0.2, -0.15) is 0 Å². The lowest BCUT2D eigenvalue weighted by molar-refractivity contribution is 1.20. The van der Waals surface area contributed by atoms with Gasteiger partial charge in [0.15, 0.2) is 0 Å². The van der Waals surface area contributed by atoms with Crippen LogP contribution in [0.1, 0.15) is 0 Å². The second kappa shape index (κ2) is 12.5. The van der Waals surface area contributed by atoms with E-state index in [4.69, 9.17) is 0 Å². The van der Waals surface area contributed by atoms with Crippen LogP contribution in [0.15, 0.2) is 212 Å². The molecule has 0 aliphatic carbocycles. The van der Waals surface area contributed by atoms with Crippen LogP contribution < -0.4 is 0 Å². The first-order valence-corrected chi connectivity index (χ1v) is 19.8. The molecule has 0 atom stereocenters. The number of aromatic nitrogens is 1. The van der Waals surface area contributed by atoms with E-state index in [1.54, 1.807) is 0 Å². The molecule has 0 N–H and O–H groups in total. The molecule has 0 amide bonds. The van der Waals surface area contributed by atoms with Gasteiger partial charge in [-0.25, -0.2) is 0 Å². The van der Waals surface area contributed by atoms with Crippen molar-refractivity contribution in [1.29, 1.82) is 0 Å². The minimum Gasteiger partial charge on any atom is -0.309 e. The van der Waals surface area contributed by atoms with Crippen LogP contribution in [-0.4, -0.2) is 4.57 Å². The van der Waals surface area contributed by atoms with Crippen molar-refractivity contribution in [2.45, 2.75) is 0 Å². The first kappa shape index (κ1) is 31.8. The molecule has 1 heterocycles. The number of para-hydroxylation sites is 2. The van der Waals surface area contributed by atoms with Gasteiger partial charge < -0.3 is 4.57 Å². The smallest absolute Gasteiger partial charge is 0.0541 e. The Bertz CT molecular complexity index is 3460. The molecule has 0 unspecified atom stereocenters. The molecular formula is C56H35N. The molecule has 0 spiro atoms. The molecule has 11 aromatic carbocycles. The maximum Gasteiger partial charge on any atom is 0.0541 e. The first-order valence-electron chi connectivity index (χ1n) is 19.8. The summed E-state index contributed by atoms with van der Waals surface area (Å²) in [7, 11) is 0. The Morgan fingerprint density at radius 3 is 1.37 bits per heavy atom. The molecule has 0 bridgehead atoms. The summed E-state index contributed by atoms with van der Waals surface area (Å²) in [5.41, 5.74) is 11.1. The topological polar surface area (TPSA) is 4.93 Å². The molecule has 12 aromatic rings. The number of benzene rings is 11. The second-order valence-corrected chi connectivity index (χ2v) is 15.2. The zero-order chi connectivity index (χ0) is 37.5. The van der Waals surface area contributed by atoms with Crippen molar-refractivity contribution in [3.8, 4) is 39.1 Å². The van der Waals surface area contributed by atoms with Crippen LogP contribution >= 0.6 is 0 Å². The predicted molar refractivity (Wildman–Crippen MR) is 245 cm³/mol. The van der Waals surface area contributed by atoms with Crippen LogP contribution in [0, 0.1) is 0 Å². The highest BCUT2D eigenvalue weighted by molar-refractivity contribution is 6.25. The van der Waals surface area contributed by atoms with E-state index in [1.807, 2.05) is 0 Å². The Kier molecular flexibility index (Phi) is 7.00. The van der Waals surface area contributed by atoms with Gasteiger partial charge in [0, 0.05) is 16.2 Å². The van der Waals surface area contributed by atoms with Gasteiger partial charge in [-0.3, -0.25) is 0 Å². The second-order valence-electron chi connectivity index (χ2n) is 15.2. The lowest BCUT2D eigenvalue weighted by Gasteiger charge is -2.21. The fourth-order valence-electron chi connectivity index (χ4n) is 9.74. The maximum absolute atomic E-state index is 2.47. The summed E-state index contributed by atoms with van der Waals surface area (Å²) in [5, 5.41) is 15.0. The average molecular weight is 722 g/mol. The Morgan fingerprint density at radius 1 is 0.246 bits per heavy atom. The number of fused-ring (bicyclic) bond motifs is 8. The lowest BCUT2D eigenvalue weighted by atomic mass is 9.83. The summed E-state index contributed by atoms with van der Waals surface area (Å²) < 4.78 is 2.45. The average Bonchev–Trinajstić information content (AvgIpc) is 3.61. The first-order chi connectivity index (χ1) is 28.3. The zero-order valence-corrected chi connectivity index (χ0v) is 31.2. The van der Waals surface area contributed by atoms with Gasteiger partial charge in [0.05, 0.1) is 16.7 Å². The standard InChI is InChI=1S/C56H35N/c1-2-16-36(17-3-1)54-46-26-10-11-27-47(46)56(49-31-30-39(35-50(49)54)55-40-20-6-4-18-37(40)34-38-19-5-7-21-41(38)55)48-32-33-53(43-23-9-8-22-42(43)48)57-51-28-14-12-24-44(51)45-25-13-15-29-52(45)57/h1-35H. The quantitative estimate of drug-likeness (QED) is 0.160. The van der Waals surface area contributed by atoms with Crippen molar-refractivity contribution in [1.82, 2.24) is 4.57 Å². The highest BCUT2D eigenvalue weighted by Crippen LogP contribution is 2.48. The Balaban J connectivity index is 1.20. The number of hydrogen-bond donors (Lipinski definition) is 0. The fourth-order valence-corrected chi connectivity index (χ4v) is 9.74. The SMILES string of the molecule is c1ccc(-c2c3ccccc3c(-c3ccc(-n4c5ccccc5c5ccccc54)c4ccccc34)c3ccc(-c4c5ccccc5cc5ccccc45)cc23)cc1. The molecule has 264 valence electrons. The van der Waals surface area contributed by atoms with Crippen LogP contribution in [0.4, 0.5) is 0 Å². The predicted octanol–water partition coefficient (Wildman–Crippen LogP) is 15.6. The van der Waals surface area contributed by atoms with E-state index in [0.717, 1.165) is 0 Å². The largest absolute Gasteiger partial charge is 0.309 e. The van der Waals surface area contributed by atoms with Crippen molar-refractivity contribution in [2.24, 2.45) is 0 Å². The van der Waals surface area contributed by atoms with Crippen molar-refractivity contribution in [3.63, 3.8) is 0 Å². The third-order valence-electron chi connectivity index (χ3n) is 12.1. The van der Waals surface area contributed by atoms with Crippen LogP contribution in [0.3, 0.4) is 0 Å². The number of rotatable bonds is 4. The molecule has 0 radical (unpaired) electrons. The molecule has 1 heteroatoms. The Hall–Kier alpha value is -7.48. The minimum absolute atomic E-state index is 1.19. The van der Waals surface area contributed by atoms with Gasteiger partial charge in [0.25, 0.3) is 0 Å². The van der Waals surface area contributed by atoms with E-state index in [1.165, 1.54) is 115 Å². The maximum atomic E-state index is 2.47. The molecule has 0 aliphatic heterocycles. The number of nitrogens with zero attached hydrogens (tertiary/aromatic N) is 1. The van der Waals surface area contributed by atoms with Crippen LogP contribution in [-0.2, 0) is 0 Å². The van der Waals surface area contributed by atoms with Crippen LogP contribution in [0.2, 0.25) is 0 Å². The Morgan fingerprint density at radius 2 is 0.719 bits per heavy atom. The molecular weight excluding hydrogens is 687 g/mol. The van der Waals surface area contributed by atoms with Crippen molar-refractivity contribution >= 4 is 75.7 Å². The van der Waals surface area contributed by atoms with Crippen molar-refractivity contribution in [3.05, 3.63) is 212 Å². The van der Waals surface area contributed by atoms with E-state index in [0.29, 0.717) is 0 Å². The normalized spacial score (nSPS) is 11.9. The van der Waals surface area contributed by atoms with E-state index >= 15 is 0 Å². The van der Waals surface area contributed by atoms with E-state index in [-0.39, 0.29) is 0 Å². The summed E-state index contributed by atoms with van der Waals surface area (Å²) in [5.74, 6) is 0. The van der Waals surface area contributed by atoms with E-state index in [9.17, 15) is 0 Å². The zero-order valence-electron chi connectivity index (χ0n) is 31.2. The summed E-state index contributed by atoms with van der Waals surface area (Å²) in [6, 6.07) is 78.4. The van der Waals surface area contributed by atoms with E-state index < -0.39 is 0 Å². The third-order valence-corrected chi connectivity index (χ3v) is 12.1. The van der Waals surface area contributed by atoms with Crippen LogP contribution in [0.5, 0.6) is 0 Å². The molecule has 57 heavy (non-hydrogen) atoms. The molecule has 1 nitrogen and oxygen atoms in total. The summed E-state index contributed by atoms with van der Waals surface area (Å²) in [6.07, 6.45) is 0. The highest BCUT2D eigenvalue weighted by Gasteiger charge is 2.21. The lowest BCUT2D eigenvalue weighted by Crippen LogP contribution is -1.97. The van der Waals surface area contributed by atoms with Gasteiger partial charge >= 0.3 is 0 Å². The fraction of sp³-hybridized carbons (Fsp3) is 0. The van der Waals surface area contributed by atoms with Gasteiger partial charge in [0.2, 0.25) is 0 Å². The van der Waals surface area contributed by atoms with Crippen LogP contribution in [0.25, 0.3) is 115 Å². The Labute approximate surface area is 330 Å². The summed E-state index contributed by atoms with van der Waals surface area (Å²) >= 11 is 0. The van der Waals surface area contributed by atoms with Gasteiger partial charge in [-0.15, -0.1) is 0 Å². The van der Waals surface area contributed by atoms with Crippen molar-refractivity contribution in [2.75, 3.05) is 0 Å². The molecule has 0 saturated carbocycles. The molecule has 0 aliphatic rings. The molecule has 0 fully saturated rings. The summed E-state index contributed by atoms with van der Waals surface area (Å²) in [4.78, 5) is 0. The van der Waals surface area contributed by atoms with Gasteiger partial charge in [-0.1, -0.05) is 182 Å². The molecule has 1 aromatic heterocycles. The minimum atomic E-state index is 1.19. The molecule has 12 rings (SSSR count). The van der Waals surface area contributed by atoms with Gasteiger partial charge in [0.1, 0.15) is 0 Å².